The molecule has 0 radical (unpaired) electrons. The molecule has 1 aromatic carbocycles. The molecular formula is C14H23NO4S. The number of hydrogen-bond acceptors (Lipinski definition) is 5. The molecule has 1 rings (SSSR count). The molecule has 20 heavy (non-hydrogen) atoms. The molecule has 0 bridgehead atoms. The Morgan fingerprint density at radius 1 is 1.15 bits per heavy atom. The third kappa shape index (κ3) is 6.00. The van der Waals surface area contributed by atoms with Crippen LogP contribution in [-0.4, -0.2) is 48.1 Å². The zero-order chi connectivity index (χ0) is 15.0. The molecule has 0 fully saturated rings. The predicted molar refractivity (Wildman–Crippen MR) is 78.7 cm³/mol. The van der Waals surface area contributed by atoms with Crippen molar-refractivity contribution in [2.24, 2.45) is 0 Å². The van der Waals surface area contributed by atoms with E-state index in [4.69, 9.17) is 9.47 Å². The molecule has 1 aromatic rings. The fraction of sp³-hybridized carbons (Fsp3) is 0.571. The number of rotatable bonds is 9. The highest BCUT2D eigenvalue weighted by Gasteiger charge is 2.09. The van der Waals surface area contributed by atoms with Crippen molar-refractivity contribution in [3.05, 3.63) is 29.8 Å². The van der Waals surface area contributed by atoms with Crippen molar-refractivity contribution in [2.45, 2.75) is 17.9 Å². The van der Waals surface area contributed by atoms with Gasteiger partial charge in [-0.05, 0) is 24.6 Å². The number of ether oxygens (including phenoxy) is 2. The van der Waals surface area contributed by atoms with E-state index in [2.05, 4.69) is 5.32 Å². The van der Waals surface area contributed by atoms with Gasteiger partial charge in [0.25, 0.3) is 0 Å². The van der Waals surface area contributed by atoms with E-state index in [1.807, 2.05) is 19.1 Å². The summed E-state index contributed by atoms with van der Waals surface area (Å²) >= 11 is 0. The van der Waals surface area contributed by atoms with Crippen LogP contribution in [0.15, 0.2) is 29.2 Å². The van der Waals surface area contributed by atoms with Crippen LogP contribution in [0.2, 0.25) is 0 Å². The summed E-state index contributed by atoms with van der Waals surface area (Å²) < 4.78 is 33.0. The van der Waals surface area contributed by atoms with E-state index in [-0.39, 0.29) is 6.04 Å². The lowest BCUT2D eigenvalue weighted by molar-refractivity contribution is 0.0712. The Bertz CT molecular complexity index is 484. The highest BCUT2D eigenvalue weighted by Crippen LogP contribution is 2.15. The molecule has 0 aliphatic carbocycles. The second kappa shape index (κ2) is 8.36. The van der Waals surface area contributed by atoms with Crippen LogP contribution in [0.1, 0.15) is 18.5 Å². The average Bonchev–Trinajstić information content (AvgIpc) is 2.41. The molecule has 0 spiro atoms. The third-order valence-electron chi connectivity index (χ3n) is 2.94. The molecule has 0 saturated heterocycles. The van der Waals surface area contributed by atoms with Crippen LogP contribution in [0, 0.1) is 0 Å². The van der Waals surface area contributed by atoms with Gasteiger partial charge in [0.1, 0.15) is 0 Å². The van der Waals surface area contributed by atoms with E-state index in [9.17, 15) is 8.42 Å². The van der Waals surface area contributed by atoms with Crippen molar-refractivity contribution >= 4 is 9.84 Å². The van der Waals surface area contributed by atoms with E-state index in [1.165, 1.54) is 6.26 Å². The van der Waals surface area contributed by atoms with Gasteiger partial charge in [0, 0.05) is 26.0 Å². The maximum atomic E-state index is 11.4. The summed E-state index contributed by atoms with van der Waals surface area (Å²) in [6.45, 7) is 4.58. The molecule has 0 amide bonds. The van der Waals surface area contributed by atoms with Gasteiger partial charge in [-0.3, -0.25) is 0 Å². The maximum Gasteiger partial charge on any atom is 0.175 e. The maximum absolute atomic E-state index is 11.4. The molecule has 0 aliphatic rings. The Kier molecular flexibility index (Phi) is 7.15. The first-order valence-corrected chi connectivity index (χ1v) is 8.44. The first kappa shape index (κ1) is 17.1. The van der Waals surface area contributed by atoms with Gasteiger partial charge in [0.15, 0.2) is 9.84 Å². The lowest BCUT2D eigenvalue weighted by Gasteiger charge is -2.14. The first-order chi connectivity index (χ1) is 9.45. The van der Waals surface area contributed by atoms with Crippen LogP contribution in [-0.2, 0) is 19.3 Å². The van der Waals surface area contributed by atoms with Crippen LogP contribution in [0.5, 0.6) is 0 Å². The number of nitrogens with one attached hydrogen (secondary N) is 1. The summed E-state index contributed by atoms with van der Waals surface area (Å²) in [4.78, 5) is 0.344. The van der Waals surface area contributed by atoms with Gasteiger partial charge in [0.2, 0.25) is 0 Å². The normalized spacial score (nSPS) is 13.3. The molecule has 5 nitrogen and oxygen atoms in total. The minimum Gasteiger partial charge on any atom is -0.382 e. The summed E-state index contributed by atoms with van der Waals surface area (Å²) in [7, 11) is -1.48. The quantitative estimate of drug-likeness (QED) is 0.699. The highest BCUT2D eigenvalue weighted by molar-refractivity contribution is 7.90. The fourth-order valence-corrected chi connectivity index (χ4v) is 2.34. The second-order valence-corrected chi connectivity index (χ2v) is 6.64. The van der Waals surface area contributed by atoms with Gasteiger partial charge < -0.3 is 14.8 Å². The molecule has 0 aromatic heterocycles. The van der Waals surface area contributed by atoms with E-state index < -0.39 is 9.84 Å². The number of hydrogen-bond donors (Lipinski definition) is 1. The van der Waals surface area contributed by atoms with E-state index in [0.717, 1.165) is 12.1 Å². The molecule has 0 saturated carbocycles. The summed E-state index contributed by atoms with van der Waals surface area (Å²) in [6, 6.07) is 7.09. The second-order valence-electron chi connectivity index (χ2n) is 4.62. The van der Waals surface area contributed by atoms with Crippen LogP contribution in [0.4, 0.5) is 0 Å². The van der Waals surface area contributed by atoms with Gasteiger partial charge in [-0.15, -0.1) is 0 Å². The monoisotopic (exact) mass is 301 g/mol. The Labute approximate surface area is 121 Å². The van der Waals surface area contributed by atoms with E-state index in [1.54, 1.807) is 19.2 Å². The standard InChI is InChI=1S/C14H23NO4S/c1-12(15-8-9-19-11-10-18-2)13-4-6-14(7-5-13)20(3,16)17/h4-7,12,15H,8-11H2,1-3H3. The van der Waals surface area contributed by atoms with Crippen molar-refractivity contribution < 1.29 is 17.9 Å². The zero-order valence-electron chi connectivity index (χ0n) is 12.3. The molecule has 114 valence electrons. The molecule has 1 atom stereocenters. The fourth-order valence-electron chi connectivity index (χ4n) is 1.71. The average molecular weight is 301 g/mol. The Balaban J connectivity index is 2.38. The molecule has 1 unspecified atom stereocenters. The van der Waals surface area contributed by atoms with Gasteiger partial charge in [-0.2, -0.15) is 0 Å². The lowest BCUT2D eigenvalue weighted by atomic mass is 10.1. The van der Waals surface area contributed by atoms with Crippen molar-refractivity contribution in [2.75, 3.05) is 39.7 Å². The minimum absolute atomic E-state index is 0.148. The Morgan fingerprint density at radius 2 is 1.80 bits per heavy atom. The van der Waals surface area contributed by atoms with Crippen LogP contribution >= 0.6 is 0 Å². The third-order valence-corrected chi connectivity index (χ3v) is 4.07. The smallest absolute Gasteiger partial charge is 0.175 e. The van der Waals surface area contributed by atoms with Crippen LogP contribution in [0.25, 0.3) is 0 Å². The number of sulfone groups is 1. The first-order valence-electron chi connectivity index (χ1n) is 6.55. The van der Waals surface area contributed by atoms with Crippen LogP contribution < -0.4 is 5.32 Å². The Morgan fingerprint density at radius 3 is 2.35 bits per heavy atom. The molecule has 0 aliphatic heterocycles. The topological polar surface area (TPSA) is 64.6 Å². The zero-order valence-corrected chi connectivity index (χ0v) is 13.1. The molecular weight excluding hydrogens is 278 g/mol. The number of benzene rings is 1. The van der Waals surface area contributed by atoms with Gasteiger partial charge in [-0.25, -0.2) is 8.42 Å². The van der Waals surface area contributed by atoms with Crippen molar-refractivity contribution in [1.82, 2.24) is 5.32 Å². The summed E-state index contributed by atoms with van der Waals surface area (Å²) in [6.07, 6.45) is 1.21. The van der Waals surface area contributed by atoms with E-state index in [0.29, 0.717) is 24.7 Å². The molecule has 1 N–H and O–H groups in total. The van der Waals surface area contributed by atoms with Crippen molar-refractivity contribution in [3.8, 4) is 0 Å². The van der Waals surface area contributed by atoms with Crippen molar-refractivity contribution in [1.29, 1.82) is 0 Å². The molecule has 6 heteroatoms. The Hall–Kier alpha value is -0.950. The highest BCUT2D eigenvalue weighted by atomic mass is 32.2. The van der Waals surface area contributed by atoms with Gasteiger partial charge in [0.05, 0.1) is 24.7 Å². The largest absolute Gasteiger partial charge is 0.382 e. The summed E-state index contributed by atoms with van der Waals surface area (Å²) in [5.74, 6) is 0. The summed E-state index contributed by atoms with van der Waals surface area (Å²) in [5.41, 5.74) is 1.05. The number of methoxy groups -OCH3 is 1. The van der Waals surface area contributed by atoms with Gasteiger partial charge in [-0.1, -0.05) is 12.1 Å². The van der Waals surface area contributed by atoms with E-state index >= 15 is 0 Å². The summed E-state index contributed by atoms with van der Waals surface area (Å²) in [5, 5.41) is 3.32. The lowest BCUT2D eigenvalue weighted by Crippen LogP contribution is -2.23. The predicted octanol–water partition coefficient (Wildman–Crippen LogP) is 1.40. The van der Waals surface area contributed by atoms with Crippen LogP contribution in [0.3, 0.4) is 0 Å². The van der Waals surface area contributed by atoms with Gasteiger partial charge >= 0.3 is 0 Å². The SMILES string of the molecule is COCCOCCNC(C)c1ccc(S(C)(=O)=O)cc1. The van der Waals surface area contributed by atoms with Crippen molar-refractivity contribution in [3.63, 3.8) is 0 Å². The minimum atomic E-state index is -3.13. The molecule has 0 heterocycles.